The summed E-state index contributed by atoms with van der Waals surface area (Å²) in [7, 11) is 1.61. The van der Waals surface area contributed by atoms with Crippen LogP contribution in [0.3, 0.4) is 0 Å². The molecule has 106 valence electrons. The molecule has 1 atom stereocenters. The minimum Gasteiger partial charge on any atom is -0.481 e. The third kappa shape index (κ3) is 4.98. The summed E-state index contributed by atoms with van der Waals surface area (Å²) in [6.45, 7) is 2.09. The van der Waals surface area contributed by atoms with E-state index in [1.807, 2.05) is 0 Å². The number of nitrogens with one attached hydrogen (secondary N) is 1. The van der Waals surface area contributed by atoms with E-state index in [1.54, 1.807) is 38.2 Å². The van der Waals surface area contributed by atoms with Gasteiger partial charge >= 0.3 is 12.0 Å². The molecule has 6 heteroatoms. The zero-order valence-electron chi connectivity index (χ0n) is 11.5. The number of aliphatic carboxylic acids is 1. The normalized spacial score (nSPS) is 11.2. The number of carbonyl (C=O) groups is 2. The van der Waals surface area contributed by atoms with Crippen LogP contribution in [0.2, 0.25) is 0 Å². The summed E-state index contributed by atoms with van der Waals surface area (Å²) in [6, 6.07) is 8.37. The number of anilines is 1. The second-order valence-electron chi connectivity index (χ2n) is 4.61. The van der Waals surface area contributed by atoms with Gasteiger partial charge in [-0.3, -0.25) is 4.79 Å². The van der Waals surface area contributed by atoms with Gasteiger partial charge < -0.3 is 15.3 Å². The largest absolute Gasteiger partial charge is 0.481 e. The molecule has 0 aromatic heterocycles. The Hall–Kier alpha value is -2.55. The first-order valence-corrected chi connectivity index (χ1v) is 6.15. The number of nitrogens with zero attached hydrogens (tertiary/aromatic N) is 2. The lowest BCUT2D eigenvalue weighted by Gasteiger charge is -2.19. The zero-order chi connectivity index (χ0) is 15.1. The monoisotopic (exact) mass is 275 g/mol. The number of benzene rings is 1. The van der Waals surface area contributed by atoms with Gasteiger partial charge in [0.25, 0.3) is 0 Å². The number of hydrogen-bond acceptors (Lipinski definition) is 3. The molecular formula is C14H17N3O3. The lowest BCUT2D eigenvalue weighted by atomic mass is 10.1. The van der Waals surface area contributed by atoms with Crippen LogP contribution in [0.1, 0.15) is 12.5 Å². The Balaban J connectivity index is 2.58. The van der Waals surface area contributed by atoms with Crippen LogP contribution in [0.25, 0.3) is 0 Å². The highest BCUT2D eigenvalue weighted by Crippen LogP contribution is 2.11. The van der Waals surface area contributed by atoms with Gasteiger partial charge in [-0.25, -0.2) is 4.79 Å². The van der Waals surface area contributed by atoms with Gasteiger partial charge in [0, 0.05) is 19.3 Å². The highest BCUT2D eigenvalue weighted by Gasteiger charge is 2.12. The maximum Gasteiger partial charge on any atom is 0.321 e. The van der Waals surface area contributed by atoms with Gasteiger partial charge in [-0.1, -0.05) is 12.1 Å². The fourth-order valence-electron chi connectivity index (χ4n) is 1.63. The summed E-state index contributed by atoms with van der Waals surface area (Å²) in [5, 5.41) is 20.0. The van der Waals surface area contributed by atoms with Crippen molar-refractivity contribution in [2.24, 2.45) is 5.92 Å². The summed E-state index contributed by atoms with van der Waals surface area (Å²) in [5.74, 6) is -1.13. The molecule has 0 aliphatic carbocycles. The van der Waals surface area contributed by atoms with Crippen LogP contribution in [0, 0.1) is 17.2 Å². The smallest absolute Gasteiger partial charge is 0.321 e. The van der Waals surface area contributed by atoms with Gasteiger partial charge in [0.15, 0.2) is 0 Å². The molecule has 1 aromatic rings. The Morgan fingerprint density at radius 3 is 2.50 bits per heavy atom. The minimum atomic E-state index is -0.896. The molecule has 6 nitrogen and oxygen atoms in total. The van der Waals surface area contributed by atoms with Gasteiger partial charge in [-0.15, -0.1) is 0 Å². The van der Waals surface area contributed by atoms with Gasteiger partial charge in [0.1, 0.15) is 0 Å². The number of carboxylic acids is 1. The fourth-order valence-corrected chi connectivity index (χ4v) is 1.63. The minimum absolute atomic E-state index is 0.0478. The van der Waals surface area contributed by atoms with Crippen LogP contribution in [0.4, 0.5) is 10.5 Å². The van der Waals surface area contributed by atoms with E-state index >= 15 is 0 Å². The van der Waals surface area contributed by atoms with Crippen LogP contribution in [0.15, 0.2) is 24.3 Å². The predicted octanol–water partition coefficient (Wildman–Crippen LogP) is 1.94. The van der Waals surface area contributed by atoms with Gasteiger partial charge in [0.2, 0.25) is 0 Å². The molecule has 0 aliphatic heterocycles. The van der Waals surface area contributed by atoms with Crippen molar-refractivity contribution in [3.05, 3.63) is 29.8 Å². The average Bonchev–Trinajstić information content (AvgIpc) is 2.40. The average molecular weight is 275 g/mol. The number of carbonyl (C=O) groups excluding carboxylic acids is 1. The van der Waals surface area contributed by atoms with Crippen molar-refractivity contribution in [2.45, 2.75) is 13.3 Å². The third-order valence-corrected chi connectivity index (χ3v) is 2.68. The van der Waals surface area contributed by atoms with E-state index in [2.05, 4.69) is 11.4 Å². The molecule has 0 aliphatic rings. The standard InChI is InChI=1S/C14H17N3O3/c1-10(8-15)9-17(2)14(20)16-12-5-3-11(4-6-12)7-13(18)19/h3-6,10H,7,9H2,1-2H3,(H,16,20)(H,18,19). The van der Waals surface area contributed by atoms with E-state index in [-0.39, 0.29) is 18.4 Å². The Bertz CT molecular complexity index is 519. The second-order valence-corrected chi connectivity index (χ2v) is 4.61. The van der Waals surface area contributed by atoms with Gasteiger partial charge in [0.05, 0.1) is 18.4 Å². The van der Waals surface area contributed by atoms with Gasteiger partial charge in [-0.05, 0) is 24.6 Å². The van der Waals surface area contributed by atoms with E-state index in [0.29, 0.717) is 17.8 Å². The van der Waals surface area contributed by atoms with Crippen LogP contribution in [-0.4, -0.2) is 35.6 Å². The van der Waals surface area contributed by atoms with Crippen molar-refractivity contribution in [1.82, 2.24) is 4.90 Å². The van der Waals surface area contributed by atoms with Crippen LogP contribution in [0.5, 0.6) is 0 Å². The van der Waals surface area contributed by atoms with E-state index < -0.39 is 5.97 Å². The van der Waals surface area contributed by atoms with Crippen molar-refractivity contribution in [1.29, 1.82) is 5.26 Å². The molecule has 1 unspecified atom stereocenters. The first-order valence-electron chi connectivity index (χ1n) is 6.15. The highest BCUT2D eigenvalue weighted by molar-refractivity contribution is 5.89. The molecular weight excluding hydrogens is 258 g/mol. The third-order valence-electron chi connectivity index (χ3n) is 2.68. The number of nitriles is 1. The molecule has 1 aromatic carbocycles. The lowest BCUT2D eigenvalue weighted by Crippen LogP contribution is -2.34. The van der Waals surface area contributed by atoms with E-state index in [9.17, 15) is 9.59 Å². The summed E-state index contributed by atoms with van der Waals surface area (Å²) in [6.07, 6.45) is -0.0478. The van der Waals surface area contributed by atoms with Crippen molar-refractivity contribution < 1.29 is 14.7 Å². The predicted molar refractivity (Wildman–Crippen MR) is 74.2 cm³/mol. The highest BCUT2D eigenvalue weighted by atomic mass is 16.4. The lowest BCUT2D eigenvalue weighted by molar-refractivity contribution is -0.136. The quantitative estimate of drug-likeness (QED) is 0.858. The zero-order valence-corrected chi connectivity index (χ0v) is 11.5. The Kier molecular flexibility index (Phi) is 5.54. The molecule has 0 saturated carbocycles. The summed E-state index contributed by atoms with van der Waals surface area (Å²) < 4.78 is 0. The maximum absolute atomic E-state index is 11.8. The Labute approximate surface area is 117 Å². The van der Waals surface area contributed by atoms with Crippen LogP contribution >= 0.6 is 0 Å². The Morgan fingerprint density at radius 1 is 1.40 bits per heavy atom. The molecule has 0 heterocycles. The number of carboxylic acid groups (broad SMARTS) is 1. The topological polar surface area (TPSA) is 93.4 Å². The maximum atomic E-state index is 11.8. The molecule has 0 saturated heterocycles. The molecule has 2 N–H and O–H groups in total. The van der Waals surface area contributed by atoms with Crippen molar-refractivity contribution in [2.75, 3.05) is 18.9 Å². The summed E-state index contributed by atoms with van der Waals surface area (Å²) >= 11 is 0. The van der Waals surface area contributed by atoms with Gasteiger partial charge in [-0.2, -0.15) is 5.26 Å². The molecule has 0 bridgehead atoms. The van der Waals surface area contributed by atoms with E-state index in [1.165, 1.54) is 4.90 Å². The van der Waals surface area contributed by atoms with Crippen LogP contribution < -0.4 is 5.32 Å². The SMILES string of the molecule is CC(C#N)CN(C)C(=O)Nc1ccc(CC(=O)O)cc1. The summed E-state index contributed by atoms with van der Waals surface area (Å²) in [4.78, 5) is 23.8. The van der Waals surface area contributed by atoms with Crippen LogP contribution in [-0.2, 0) is 11.2 Å². The van der Waals surface area contributed by atoms with Crippen molar-refractivity contribution in [3.63, 3.8) is 0 Å². The first kappa shape index (κ1) is 15.5. The molecule has 0 radical (unpaired) electrons. The van der Waals surface area contributed by atoms with E-state index in [0.717, 1.165) is 0 Å². The van der Waals surface area contributed by atoms with Crippen molar-refractivity contribution >= 4 is 17.7 Å². The Morgan fingerprint density at radius 2 is 2.00 bits per heavy atom. The van der Waals surface area contributed by atoms with E-state index in [4.69, 9.17) is 10.4 Å². The molecule has 2 amide bonds. The molecule has 0 fully saturated rings. The fraction of sp³-hybridized carbons (Fsp3) is 0.357. The second kappa shape index (κ2) is 7.14. The number of amides is 2. The number of hydrogen-bond donors (Lipinski definition) is 2. The molecule has 0 spiro atoms. The summed E-state index contributed by atoms with van der Waals surface area (Å²) in [5.41, 5.74) is 1.25. The molecule has 1 rings (SSSR count). The number of urea groups is 1. The number of rotatable bonds is 5. The van der Waals surface area contributed by atoms with Crippen molar-refractivity contribution in [3.8, 4) is 6.07 Å². The first-order chi connectivity index (χ1) is 9.42. The molecule has 20 heavy (non-hydrogen) atoms.